The topological polar surface area (TPSA) is 55.4 Å². The number of anilines is 1. The minimum atomic E-state index is -0.525. The highest BCUT2D eigenvalue weighted by Gasteiger charge is 2.12. The predicted molar refractivity (Wildman–Crippen MR) is 86.1 cm³/mol. The van der Waals surface area contributed by atoms with Crippen LogP contribution in [0.4, 0.5) is 10.1 Å². The maximum absolute atomic E-state index is 13.5. The number of halogens is 2. The zero-order valence-corrected chi connectivity index (χ0v) is 13.2. The highest BCUT2D eigenvalue weighted by Crippen LogP contribution is 2.24. The van der Waals surface area contributed by atoms with Gasteiger partial charge in [-0.3, -0.25) is 4.79 Å². The van der Waals surface area contributed by atoms with E-state index in [0.29, 0.717) is 16.3 Å². The molecule has 0 atom stereocenters. The van der Waals surface area contributed by atoms with Crippen molar-refractivity contribution in [2.45, 2.75) is 12.8 Å². The highest BCUT2D eigenvalue weighted by molar-refractivity contribution is 6.33. The zero-order valence-electron chi connectivity index (χ0n) is 12.4. The van der Waals surface area contributed by atoms with Crippen molar-refractivity contribution in [2.75, 3.05) is 12.4 Å². The number of benzene rings is 2. The van der Waals surface area contributed by atoms with E-state index in [2.05, 4.69) is 10.1 Å². The molecule has 2 aromatic rings. The molecule has 0 aliphatic heterocycles. The fourth-order valence-corrected chi connectivity index (χ4v) is 2.19. The molecular formula is C17H15ClFNO3. The lowest BCUT2D eigenvalue weighted by Gasteiger charge is -2.09. The molecule has 120 valence electrons. The number of hydrogen-bond donors (Lipinski definition) is 1. The third-order valence-corrected chi connectivity index (χ3v) is 3.57. The number of esters is 1. The van der Waals surface area contributed by atoms with Crippen molar-refractivity contribution >= 4 is 29.2 Å². The highest BCUT2D eigenvalue weighted by atomic mass is 35.5. The first-order valence-corrected chi connectivity index (χ1v) is 7.30. The first kappa shape index (κ1) is 17.0. The summed E-state index contributed by atoms with van der Waals surface area (Å²) < 4.78 is 18.1. The molecule has 2 aromatic carbocycles. The summed E-state index contributed by atoms with van der Waals surface area (Å²) in [4.78, 5) is 23.5. The molecule has 0 unspecified atom stereocenters. The fraction of sp³-hybridized carbons (Fsp3) is 0.176. The van der Waals surface area contributed by atoms with Crippen LogP contribution in [0.25, 0.3) is 0 Å². The third kappa shape index (κ3) is 4.53. The van der Waals surface area contributed by atoms with E-state index in [9.17, 15) is 14.0 Å². The Hall–Kier alpha value is -2.40. The van der Waals surface area contributed by atoms with Crippen LogP contribution in [0.2, 0.25) is 5.02 Å². The van der Waals surface area contributed by atoms with E-state index in [0.717, 1.165) is 0 Å². The first-order valence-electron chi connectivity index (χ1n) is 6.92. The molecule has 1 N–H and O–H groups in total. The zero-order chi connectivity index (χ0) is 16.8. The molecule has 23 heavy (non-hydrogen) atoms. The number of hydrogen-bond acceptors (Lipinski definition) is 3. The molecule has 4 nitrogen and oxygen atoms in total. The summed E-state index contributed by atoms with van der Waals surface area (Å²) in [6.07, 6.45) is 0.368. The van der Waals surface area contributed by atoms with Crippen LogP contribution < -0.4 is 5.32 Å². The van der Waals surface area contributed by atoms with Crippen molar-refractivity contribution in [1.29, 1.82) is 0 Å². The number of nitrogens with one attached hydrogen (secondary N) is 1. The number of aryl methyl sites for hydroxylation is 1. The van der Waals surface area contributed by atoms with Crippen molar-refractivity contribution in [3.05, 3.63) is 64.4 Å². The summed E-state index contributed by atoms with van der Waals surface area (Å²) in [5.74, 6) is -1.19. The number of carbonyl (C=O) groups excluding carboxylic acids is 2. The van der Waals surface area contributed by atoms with Gasteiger partial charge in [0.15, 0.2) is 0 Å². The van der Waals surface area contributed by atoms with Gasteiger partial charge in [-0.15, -0.1) is 0 Å². The van der Waals surface area contributed by atoms with Gasteiger partial charge in [0.25, 0.3) is 0 Å². The second kappa shape index (κ2) is 7.74. The maximum Gasteiger partial charge on any atom is 0.337 e. The minimum absolute atomic E-state index is 0.0969. The van der Waals surface area contributed by atoms with Gasteiger partial charge < -0.3 is 10.1 Å². The van der Waals surface area contributed by atoms with Crippen LogP contribution in [0.3, 0.4) is 0 Å². The molecule has 1 amide bonds. The molecule has 0 saturated heterocycles. The Morgan fingerprint density at radius 3 is 2.65 bits per heavy atom. The lowest BCUT2D eigenvalue weighted by atomic mass is 10.1. The maximum atomic E-state index is 13.5. The molecule has 0 spiro atoms. The molecular weight excluding hydrogens is 321 g/mol. The summed E-state index contributed by atoms with van der Waals surface area (Å²) in [6, 6.07) is 10.7. The summed E-state index contributed by atoms with van der Waals surface area (Å²) in [5, 5.41) is 2.92. The predicted octanol–water partition coefficient (Wildman–Crippen LogP) is 3.84. The van der Waals surface area contributed by atoms with E-state index in [1.807, 2.05) is 0 Å². The van der Waals surface area contributed by atoms with Crippen LogP contribution in [0, 0.1) is 5.82 Å². The van der Waals surface area contributed by atoms with Crippen LogP contribution in [-0.2, 0) is 16.0 Å². The molecule has 2 rings (SSSR count). The van der Waals surface area contributed by atoms with E-state index in [4.69, 9.17) is 11.6 Å². The third-order valence-electron chi connectivity index (χ3n) is 3.24. The van der Waals surface area contributed by atoms with Gasteiger partial charge in [0.1, 0.15) is 5.82 Å². The standard InChI is InChI=1S/C17H15ClFNO3/c1-23-17(22)12-6-8-13(18)15(10-12)20-16(21)9-7-11-4-2-3-5-14(11)19/h2-6,8,10H,7,9H2,1H3,(H,20,21). The summed E-state index contributed by atoms with van der Waals surface area (Å²) in [5.41, 5.74) is 1.06. The van der Waals surface area contributed by atoms with Gasteiger partial charge in [0.2, 0.25) is 5.91 Å². The van der Waals surface area contributed by atoms with Gasteiger partial charge in [-0.2, -0.15) is 0 Å². The van der Waals surface area contributed by atoms with Gasteiger partial charge in [0.05, 0.1) is 23.4 Å². The monoisotopic (exact) mass is 335 g/mol. The second-order valence-corrected chi connectivity index (χ2v) is 5.23. The van der Waals surface area contributed by atoms with Crippen LogP contribution in [0.5, 0.6) is 0 Å². The smallest absolute Gasteiger partial charge is 0.337 e. The van der Waals surface area contributed by atoms with Crippen LogP contribution in [0.1, 0.15) is 22.3 Å². The summed E-state index contributed by atoms with van der Waals surface area (Å²) in [7, 11) is 1.27. The van der Waals surface area contributed by atoms with E-state index in [-0.39, 0.29) is 30.1 Å². The van der Waals surface area contributed by atoms with Gasteiger partial charge in [0, 0.05) is 6.42 Å². The molecule has 0 aliphatic rings. The van der Waals surface area contributed by atoms with E-state index >= 15 is 0 Å². The summed E-state index contributed by atoms with van der Waals surface area (Å²) >= 11 is 6.00. The number of ether oxygens (including phenoxy) is 1. The van der Waals surface area contributed by atoms with E-state index in [1.165, 1.54) is 31.4 Å². The van der Waals surface area contributed by atoms with Crippen LogP contribution in [0.15, 0.2) is 42.5 Å². The molecule has 0 radical (unpaired) electrons. The lowest BCUT2D eigenvalue weighted by molar-refractivity contribution is -0.116. The van der Waals surface area contributed by atoms with E-state index in [1.54, 1.807) is 18.2 Å². The number of carbonyl (C=O) groups is 2. The van der Waals surface area contributed by atoms with Crippen LogP contribution >= 0.6 is 11.6 Å². The second-order valence-electron chi connectivity index (χ2n) is 4.83. The van der Waals surface area contributed by atoms with Crippen molar-refractivity contribution in [2.24, 2.45) is 0 Å². The Kier molecular flexibility index (Phi) is 5.71. The van der Waals surface area contributed by atoms with Crippen molar-refractivity contribution < 1.29 is 18.7 Å². The van der Waals surface area contributed by atoms with Gasteiger partial charge >= 0.3 is 5.97 Å². The normalized spacial score (nSPS) is 10.2. The average molecular weight is 336 g/mol. The average Bonchev–Trinajstić information content (AvgIpc) is 2.55. The Bertz CT molecular complexity index is 734. The Morgan fingerprint density at radius 1 is 1.22 bits per heavy atom. The lowest BCUT2D eigenvalue weighted by Crippen LogP contribution is -2.14. The molecule has 0 saturated carbocycles. The fourth-order valence-electron chi connectivity index (χ4n) is 2.03. The molecule has 0 aliphatic carbocycles. The number of methoxy groups -OCH3 is 1. The minimum Gasteiger partial charge on any atom is -0.465 e. The van der Waals surface area contributed by atoms with Crippen molar-refractivity contribution in [3.63, 3.8) is 0 Å². The number of rotatable bonds is 5. The Labute approximate surface area is 138 Å². The van der Waals surface area contributed by atoms with Gasteiger partial charge in [-0.1, -0.05) is 29.8 Å². The molecule has 6 heteroatoms. The quantitative estimate of drug-likeness (QED) is 0.845. The van der Waals surface area contributed by atoms with Gasteiger partial charge in [-0.25, -0.2) is 9.18 Å². The molecule has 0 fully saturated rings. The molecule has 0 aromatic heterocycles. The van der Waals surface area contributed by atoms with E-state index < -0.39 is 5.97 Å². The summed E-state index contributed by atoms with van der Waals surface area (Å²) in [6.45, 7) is 0. The van der Waals surface area contributed by atoms with Crippen molar-refractivity contribution in [3.8, 4) is 0 Å². The number of amides is 1. The van der Waals surface area contributed by atoms with Crippen molar-refractivity contribution in [1.82, 2.24) is 0 Å². The van der Waals surface area contributed by atoms with Gasteiger partial charge in [-0.05, 0) is 36.2 Å². The van der Waals surface area contributed by atoms with Crippen LogP contribution in [-0.4, -0.2) is 19.0 Å². The Morgan fingerprint density at radius 2 is 1.96 bits per heavy atom. The first-order chi connectivity index (χ1) is 11.0. The molecule has 0 bridgehead atoms. The Balaban J connectivity index is 2.02. The SMILES string of the molecule is COC(=O)c1ccc(Cl)c(NC(=O)CCc2ccccc2F)c1. The molecule has 0 heterocycles. The largest absolute Gasteiger partial charge is 0.465 e.